The molecule has 1 aliphatic heterocycles. The maximum Gasteiger partial charge on any atom is 0.249 e. The van der Waals surface area contributed by atoms with Crippen molar-refractivity contribution in [1.82, 2.24) is 10.2 Å². The summed E-state index contributed by atoms with van der Waals surface area (Å²) in [6, 6.07) is 7.83. The van der Waals surface area contributed by atoms with Gasteiger partial charge >= 0.3 is 0 Å². The lowest BCUT2D eigenvalue weighted by Crippen LogP contribution is -2.43. The van der Waals surface area contributed by atoms with Crippen LogP contribution in [-0.4, -0.2) is 38.1 Å². The molecular weight excluding hydrogens is 278 g/mol. The van der Waals surface area contributed by atoms with Gasteiger partial charge < -0.3 is 9.64 Å². The van der Waals surface area contributed by atoms with Gasteiger partial charge in [0.25, 0.3) is 0 Å². The van der Waals surface area contributed by atoms with Crippen molar-refractivity contribution in [2.24, 2.45) is 0 Å². The molecule has 5 nitrogen and oxygen atoms in total. The van der Waals surface area contributed by atoms with E-state index in [9.17, 15) is 4.79 Å². The average Bonchev–Trinajstić information content (AvgIpc) is 2.54. The molecule has 1 radical (unpaired) electrons. The molecule has 0 saturated heterocycles. The van der Waals surface area contributed by atoms with Crippen molar-refractivity contribution in [2.45, 2.75) is 13.3 Å². The predicted molar refractivity (Wildman–Crippen MR) is 84.4 cm³/mol. The Hall–Kier alpha value is -2.16. The number of hydrogen-bond donors (Lipinski definition) is 1. The minimum Gasteiger partial charge on any atom is -0.375 e. The Morgan fingerprint density at radius 2 is 2.27 bits per heavy atom. The summed E-state index contributed by atoms with van der Waals surface area (Å²) in [5.41, 5.74) is 4.00. The summed E-state index contributed by atoms with van der Waals surface area (Å²) >= 11 is 0. The molecule has 115 valence electrons. The molecule has 1 aromatic rings. The zero-order chi connectivity index (χ0) is 16.1. The smallest absolute Gasteiger partial charge is 0.249 e. The van der Waals surface area contributed by atoms with Crippen molar-refractivity contribution < 1.29 is 9.53 Å². The summed E-state index contributed by atoms with van der Waals surface area (Å²) in [6.45, 7) is 2.74. The van der Waals surface area contributed by atoms with Crippen LogP contribution in [-0.2, 0) is 9.53 Å². The Labute approximate surface area is 131 Å². The summed E-state index contributed by atoms with van der Waals surface area (Å²) < 4.78 is 4.89. The van der Waals surface area contributed by atoms with Crippen molar-refractivity contribution in [3.63, 3.8) is 0 Å². The summed E-state index contributed by atoms with van der Waals surface area (Å²) in [4.78, 5) is 13.5. The van der Waals surface area contributed by atoms with E-state index < -0.39 is 0 Å². The summed E-state index contributed by atoms with van der Waals surface area (Å²) in [7, 11) is 3.26. The van der Waals surface area contributed by atoms with Crippen molar-refractivity contribution in [3.05, 3.63) is 47.1 Å². The van der Waals surface area contributed by atoms with E-state index in [0.717, 1.165) is 22.9 Å². The lowest BCUT2D eigenvalue weighted by molar-refractivity contribution is -0.133. The normalized spacial score (nSPS) is 15.1. The van der Waals surface area contributed by atoms with Gasteiger partial charge in [0.05, 0.1) is 11.6 Å². The number of aryl methyl sites for hydroxylation is 1. The maximum atomic E-state index is 11.9. The van der Waals surface area contributed by atoms with Gasteiger partial charge in [-0.2, -0.15) is 5.26 Å². The number of nitrogens with zero attached hydrogens (tertiary/aromatic N) is 2. The Morgan fingerprint density at radius 3 is 2.91 bits per heavy atom. The monoisotopic (exact) mass is 298 g/mol. The molecular formula is C17H20N3O2. The fourth-order valence-corrected chi connectivity index (χ4v) is 2.51. The molecule has 1 N–H and O–H groups in total. The van der Waals surface area contributed by atoms with Gasteiger partial charge in [0.2, 0.25) is 5.91 Å². The highest BCUT2D eigenvalue weighted by molar-refractivity contribution is 5.79. The summed E-state index contributed by atoms with van der Waals surface area (Å²) in [6.07, 6.45) is 3.63. The number of carbonyl (C=O) groups is 1. The van der Waals surface area contributed by atoms with Gasteiger partial charge in [0.1, 0.15) is 12.8 Å². The number of carbonyl (C=O) groups excluding carboxylic acids is 1. The van der Waals surface area contributed by atoms with Crippen LogP contribution in [0.15, 0.2) is 24.3 Å². The number of nitrogens with one attached hydrogen (secondary N) is 1. The molecule has 0 atom stereocenters. The molecule has 0 unspecified atom stereocenters. The van der Waals surface area contributed by atoms with Crippen LogP contribution < -0.4 is 5.32 Å². The second-order valence-corrected chi connectivity index (χ2v) is 5.26. The minimum absolute atomic E-state index is 0.0661. The molecule has 1 heterocycles. The highest BCUT2D eigenvalue weighted by atomic mass is 16.5. The van der Waals surface area contributed by atoms with Crippen LogP contribution in [0.25, 0.3) is 5.57 Å². The van der Waals surface area contributed by atoms with Gasteiger partial charge in [-0.3, -0.25) is 10.1 Å². The largest absolute Gasteiger partial charge is 0.375 e. The van der Waals surface area contributed by atoms with Crippen LogP contribution in [0.1, 0.15) is 23.1 Å². The van der Waals surface area contributed by atoms with Gasteiger partial charge in [0, 0.05) is 27.1 Å². The third-order valence-electron chi connectivity index (χ3n) is 3.76. The third-order valence-corrected chi connectivity index (χ3v) is 3.76. The molecule has 1 aliphatic rings. The molecule has 0 aromatic heterocycles. The molecule has 0 saturated carbocycles. The zero-order valence-corrected chi connectivity index (χ0v) is 13.1. The molecule has 0 aliphatic carbocycles. The quantitative estimate of drug-likeness (QED) is 0.921. The zero-order valence-electron chi connectivity index (χ0n) is 13.1. The van der Waals surface area contributed by atoms with Crippen LogP contribution >= 0.6 is 0 Å². The summed E-state index contributed by atoms with van der Waals surface area (Å²) in [5, 5.41) is 12.2. The SMILES string of the molecule is COCC(=O)N(C)[C]1CC(c2ccc(C#N)cc2C)=CCN1. The molecule has 0 spiro atoms. The second-order valence-electron chi connectivity index (χ2n) is 5.26. The second kappa shape index (κ2) is 7.21. The van der Waals surface area contributed by atoms with Gasteiger partial charge in [-0.1, -0.05) is 12.1 Å². The minimum atomic E-state index is -0.0807. The number of rotatable bonds is 4. The van der Waals surface area contributed by atoms with Crippen molar-refractivity contribution in [1.29, 1.82) is 5.26 Å². The van der Waals surface area contributed by atoms with Crippen molar-refractivity contribution in [2.75, 3.05) is 27.3 Å². The molecule has 1 aromatic carbocycles. The van der Waals surface area contributed by atoms with Gasteiger partial charge in [-0.05, 0) is 35.8 Å². The van der Waals surface area contributed by atoms with Crippen molar-refractivity contribution >= 4 is 11.5 Å². The Kier molecular flexibility index (Phi) is 5.31. The van der Waals surface area contributed by atoms with E-state index in [2.05, 4.69) is 17.5 Å². The molecule has 2 rings (SSSR count). The topological polar surface area (TPSA) is 65.4 Å². The summed E-state index contributed by atoms with van der Waals surface area (Å²) in [5.74, 6) is -0.0807. The molecule has 22 heavy (non-hydrogen) atoms. The average molecular weight is 298 g/mol. The lowest BCUT2D eigenvalue weighted by Gasteiger charge is -2.31. The highest BCUT2D eigenvalue weighted by Gasteiger charge is 2.25. The molecule has 1 amide bonds. The number of benzene rings is 1. The van der Waals surface area contributed by atoms with Crippen LogP contribution in [0.5, 0.6) is 0 Å². The van der Waals surface area contributed by atoms with E-state index in [1.165, 1.54) is 7.11 Å². The van der Waals surface area contributed by atoms with E-state index in [4.69, 9.17) is 10.00 Å². The first kappa shape index (κ1) is 16.2. The standard InChI is InChI=1S/C17H20N3O2/c1-12-8-13(10-18)4-5-15(12)14-6-7-19-16(9-14)20(2)17(21)11-22-3/h4-6,8,19H,7,9,11H2,1-3H3. The van der Waals surface area contributed by atoms with E-state index in [-0.39, 0.29) is 12.5 Å². The van der Waals surface area contributed by atoms with Gasteiger partial charge in [-0.15, -0.1) is 0 Å². The number of likely N-dealkylation sites (N-methyl/N-ethyl adjacent to an activating group) is 1. The Morgan fingerprint density at radius 1 is 1.50 bits per heavy atom. The Bertz CT molecular complexity index is 631. The first-order chi connectivity index (χ1) is 10.6. The maximum absolute atomic E-state index is 11.9. The fraction of sp³-hybridized carbons (Fsp3) is 0.353. The van der Waals surface area contributed by atoms with Crippen molar-refractivity contribution in [3.8, 4) is 6.07 Å². The van der Waals surface area contributed by atoms with Crippen LogP contribution in [0, 0.1) is 24.4 Å². The number of nitriles is 1. The Balaban J connectivity index is 2.16. The first-order valence-corrected chi connectivity index (χ1v) is 7.12. The van der Waals surface area contributed by atoms with E-state index in [0.29, 0.717) is 18.5 Å². The number of ether oxygens (including phenoxy) is 1. The van der Waals surface area contributed by atoms with Crippen LogP contribution in [0.3, 0.4) is 0 Å². The third kappa shape index (κ3) is 3.53. The number of methoxy groups -OCH3 is 1. The van der Waals surface area contributed by atoms with Crippen LogP contribution in [0.4, 0.5) is 0 Å². The highest BCUT2D eigenvalue weighted by Crippen LogP contribution is 2.29. The predicted octanol–water partition coefficient (Wildman–Crippen LogP) is 1.84. The van der Waals surface area contributed by atoms with E-state index in [1.54, 1.807) is 11.9 Å². The lowest BCUT2D eigenvalue weighted by atomic mass is 9.93. The number of amides is 1. The fourth-order valence-electron chi connectivity index (χ4n) is 2.51. The van der Waals surface area contributed by atoms with Gasteiger partial charge in [-0.25, -0.2) is 0 Å². The molecule has 0 bridgehead atoms. The first-order valence-electron chi connectivity index (χ1n) is 7.12. The van der Waals surface area contributed by atoms with E-state index >= 15 is 0 Å². The molecule has 5 heteroatoms. The number of hydrogen-bond acceptors (Lipinski definition) is 4. The molecule has 0 fully saturated rings. The van der Waals surface area contributed by atoms with E-state index in [1.807, 2.05) is 25.1 Å². The van der Waals surface area contributed by atoms with Gasteiger partial charge in [0.15, 0.2) is 0 Å². The van der Waals surface area contributed by atoms with Crippen LogP contribution in [0.2, 0.25) is 0 Å².